The van der Waals surface area contributed by atoms with Gasteiger partial charge in [0.05, 0.1) is 20.5 Å². The summed E-state index contributed by atoms with van der Waals surface area (Å²) in [7, 11) is -0.799. The first-order chi connectivity index (χ1) is 16.8. The van der Waals surface area contributed by atoms with Crippen LogP contribution in [0.5, 0.6) is 11.5 Å². The van der Waals surface area contributed by atoms with Gasteiger partial charge in [-0.1, -0.05) is 5.16 Å². The predicted molar refractivity (Wildman–Crippen MR) is 129 cm³/mol. The van der Waals surface area contributed by atoms with Gasteiger partial charge in [-0.15, -0.1) is 0 Å². The lowest BCUT2D eigenvalue weighted by atomic mass is 9.97. The summed E-state index contributed by atoms with van der Waals surface area (Å²) < 4.78 is 49.2. The van der Waals surface area contributed by atoms with Crippen molar-refractivity contribution in [3.63, 3.8) is 0 Å². The molecule has 1 aromatic carbocycles. The van der Waals surface area contributed by atoms with E-state index in [1.165, 1.54) is 30.9 Å². The second-order valence-electron chi connectivity index (χ2n) is 8.08. The van der Waals surface area contributed by atoms with E-state index in [2.05, 4.69) is 10.5 Å². The standard InChI is InChI=1S/C24H27N3O7S/c1-16-23(22(34-26-16)7-6-19-5-4-12-33-19)35(29,30)27-10-8-17(9-11-27)24(28)25-18-13-20(31-2)15-21(14-18)32-3/h4-7,12-15,17H,8-11H2,1-3H3,(H,25,28). The van der Waals surface area contributed by atoms with Crippen molar-refractivity contribution in [2.45, 2.75) is 24.7 Å². The first-order valence-electron chi connectivity index (χ1n) is 11.0. The number of hydrogen-bond donors (Lipinski definition) is 1. The van der Waals surface area contributed by atoms with Gasteiger partial charge < -0.3 is 23.7 Å². The third kappa shape index (κ3) is 5.41. The molecule has 1 aliphatic heterocycles. The van der Waals surface area contributed by atoms with Crippen LogP contribution in [0.4, 0.5) is 5.69 Å². The highest BCUT2D eigenvalue weighted by atomic mass is 32.2. The van der Waals surface area contributed by atoms with Crippen molar-refractivity contribution in [3.05, 3.63) is 53.8 Å². The molecule has 3 aromatic rings. The third-order valence-electron chi connectivity index (χ3n) is 5.82. The van der Waals surface area contributed by atoms with Crippen molar-refractivity contribution >= 4 is 33.8 Å². The number of nitrogens with one attached hydrogen (secondary N) is 1. The number of carbonyl (C=O) groups excluding carboxylic acids is 1. The number of carbonyl (C=O) groups is 1. The number of aryl methyl sites for hydroxylation is 1. The molecule has 1 aliphatic rings. The highest BCUT2D eigenvalue weighted by molar-refractivity contribution is 7.89. The molecule has 0 aliphatic carbocycles. The van der Waals surface area contributed by atoms with Crippen LogP contribution in [0.3, 0.4) is 0 Å². The second kappa shape index (κ2) is 10.4. The maximum Gasteiger partial charge on any atom is 0.248 e. The van der Waals surface area contributed by atoms with Gasteiger partial charge in [0.1, 0.15) is 23.0 Å². The number of benzene rings is 1. The van der Waals surface area contributed by atoms with E-state index in [0.29, 0.717) is 35.8 Å². The average Bonchev–Trinajstić information content (AvgIpc) is 3.52. The molecule has 1 amide bonds. The molecule has 0 bridgehead atoms. The summed E-state index contributed by atoms with van der Waals surface area (Å²) in [6, 6.07) is 8.59. The van der Waals surface area contributed by atoms with Crippen LogP contribution in [0, 0.1) is 12.8 Å². The van der Waals surface area contributed by atoms with Crippen molar-refractivity contribution in [3.8, 4) is 11.5 Å². The molecule has 0 unspecified atom stereocenters. The average molecular weight is 502 g/mol. The van der Waals surface area contributed by atoms with E-state index in [4.69, 9.17) is 18.4 Å². The molecular weight excluding hydrogens is 474 g/mol. The second-order valence-corrected chi connectivity index (χ2v) is 9.95. The van der Waals surface area contributed by atoms with E-state index < -0.39 is 10.0 Å². The first kappa shape index (κ1) is 24.6. The number of rotatable bonds is 8. The molecule has 186 valence electrons. The van der Waals surface area contributed by atoms with E-state index in [9.17, 15) is 13.2 Å². The van der Waals surface area contributed by atoms with E-state index in [-0.39, 0.29) is 41.3 Å². The normalized spacial score (nSPS) is 15.4. The number of amides is 1. The predicted octanol–water partition coefficient (Wildman–Crippen LogP) is 3.80. The first-order valence-corrected chi connectivity index (χ1v) is 12.5. The molecule has 2 aromatic heterocycles. The minimum absolute atomic E-state index is 0.0201. The van der Waals surface area contributed by atoms with Crippen molar-refractivity contribution in [1.82, 2.24) is 9.46 Å². The number of hydrogen-bond acceptors (Lipinski definition) is 8. The maximum absolute atomic E-state index is 13.4. The minimum atomic E-state index is -3.87. The summed E-state index contributed by atoms with van der Waals surface area (Å²) in [5, 5.41) is 6.73. The Kier molecular flexibility index (Phi) is 7.27. The van der Waals surface area contributed by atoms with Crippen molar-refractivity contribution in [2.75, 3.05) is 32.6 Å². The topological polar surface area (TPSA) is 124 Å². The Hall–Kier alpha value is -3.57. The number of ether oxygens (including phenoxy) is 2. The summed E-state index contributed by atoms with van der Waals surface area (Å²) in [5.74, 6) is 1.29. The van der Waals surface area contributed by atoms with Gasteiger partial charge in [0, 0.05) is 42.9 Å². The maximum atomic E-state index is 13.4. The third-order valence-corrected chi connectivity index (χ3v) is 7.87. The summed E-state index contributed by atoms with van der Waals surface area (Å²) >= 11 is 0. The Balaban J connectivity index is 1.43. The quantitative estimate of drug-likeness (QED) is 0.494. The lowest BCUT2D eigenvalue weighted by Gasteiger charge is -2.30. The van der Waals surface area contributed by atoms with Crippen molar-refractivity contribution in [1.29, 1.82) is 0 Å². The zero-order chi connectivity index (χ0) is 25.0. The fourth-order valence-electron chi connectivity index (χ4n) is 3.95. The highest BCUT2D eigenvalue weighted by Crippen LogP contribution is 2.31. The SMILES string of the molecule is COc1cc(NC(=O)C2CCN(S(=O)(=O)c3c(C)noc3C=Cc3ccco3)CC2)cc(OC)c1. The number of methoxy groups -OCH3 is 2. The molecule has 10 nitrogen and oxygen atoms in total. The summed E-state index contributed by atoms with van der Waals surface area (Å²) in [5.41, 5.74) is 0.824. The van der Waals surface area contributed by atoms with Gasteiger partial charge in [-0.05, 0) is 44.1 Å². The number of aromatic nitrogens is 1. The van der Waals surface area contributed by atoms with Crippen LogP contribution in [-0.2, 0) is 14.8 Å². The summed E-state index contributed by atoms with van der Waals surface area (Å²) in [6.45, 7) is 1.99. The molecule has 35 heavy (non-hydrogen) atoms. The fraction of sp³-hybridized carbons (Fsp3) is 0.333. The largest absolute Gasteiger partial charge is 0.497 e. The molecule has 1 fully saturated rings. The van der Waals surface area contributed by atoms with Gasteiger partial charge in [-0.3, -0.25) is 4.79 Å². The van der Waals surface area contributed by atoms with Gasteiger partial charge >= 0.3 is 0 Å². The van der Waals surface area contributed by atoms with Crippen LogP contribution >= 0.6 is 0 Å². The van der Waals surface area contributed by atoms with Gasteiger partial charge in [-0.25, -0.2) is 8.42 Å². The Labute approximate surface area is 203 Å². The zero-order valence-electron chi connectivity index (χ0n) is 19.7. The molecule has 11 heteroatoms. The molecule has 0 saturated carbocycles. The van der Waals surface area contributed by atoms with E-state index >= 15 is 0 Å². The summed E-state index contributed by atoms with van der Waals surface area (Å²) in [4.78, 5) is 12.9. The number of anilines is 1. The van der Waals surface area contributed by atoms with E-state index in [1.54, 1.807) is 43.3 Å². The van der Waals surface area contributed by atoms with Crippen LogP contribution in [-0.4, -0.2) is 51.1 Å². The van der Waals surface area contributed by atoms with Crippen LogP contribution in [0.2, 0.25) is 0 Å². The molecule has 0 atom stereocenters. The van der Waals surface area contributed by atoms with Crippen molar-refractivity contribution in [2.24, 2.45) is 5.92 Å². The Morgan fingerprint density at radius 3 is 2.43 bits per heavy atom. The monoisotopic (exact) mass is 501 g/mol. The smallest absolute Gasteiger partial charge is 0.248 e. The van der Waals surface area contributed by atoms with Crippen LogP contribution in [0.25, 0.3) is 12.2 Å². The minimum Gasteiger partial charge on any atom is -0.497 e. The van der Waals surface area contributed by atoms with Crippen molar-refractivity contribution < 1.29 is 31.6 Å². The Bertz CT molecular complexity index is 1280. The molecule has 1 N–H and O–H groups in total. The van der Waals surface area contributed by atoms with Gasteiger partial charge in [0.15, 0.2) is 10.7 Å². The van der Waals surface area contributed by atoms with Gasteiger partial charge in [0.25, 0.3) is 0 Å². The molecule has 4 rings (SSSR count). The number of sulfonamides is 1. The zero-order valence-corrected chi connectivity index (χ0v) is 20.5. The van der Waals surface area contributed by atoms with Gasteiger partial charge in [-0.2, -0.15) is 4.31 Å². The number of nitrogens with zero attached hydrogens (tertiary/aromatic N) is 2. The molecular formula is C24H27N3O7S. The van der Waals surface area contributed by atoms with E-state index in [0.717, 1.165) is 0 Å². The molecule has 1 saturated heterocycles. The lowest BCUT2D eigenvalue weighted by molar-refractivity contribution is -0.120. The fourth-order valence-corrected chi connectivity index (χ4v) is 5.67. The lowest BCUT2D eigenvalue weighted by Crippen LogP contribution is -2.41. The molecule has 0 radical (unpaired) electrons. The van der Waals surface area contributed by atoms with Gasteiger partial charge in [0.2, 0.25) is 15.9 Å². The number of piperidine rings is 1. The van der Waals surface area contributed by atoms with Crippen LogP contribution in [0.1, 0.15) is 30.1 Å². The molecule has 0 spiro atoms. The molecule has 3 heterocycles. The Morgan fingerprint density at radius 2 is 1.83 bits per heavy atom. The number of furan rings is 1. The van der Waals surface area contributed by atoms with Crippen LogP contribution < -0.4 is 14.8 Å². The van der Waals surface area contributed by atoms with E-state index in [1.807, 2.05) is 0 Å². The Morgan fingerprint density at radius 1 is 1.14 bits per heavy atom. The highest BCUT2D eigenvalue weighted by Gasteiger charge is 2.36. The van der Waals surface area contributed by atoms with Crippen LogP contribution in [0.15, 0.2) is 50.4 Å². The summed E-state index contributed by atoms with van der Waals surface area (Å²) in [6.07, 6.45) is 5.42.